The van der Waals surface area contributed by atoms with Crippen molar-refractivity contribution in [3.8, 4) is 5.75 Å². The van der Waals surface area contributed by atoms with E-state index >= 15 is 0 Å². The highest BCUT2D eigenvalue weighted by Gasteiger charge is 2.18. The Morgan fingerprint density at radius 1 is 1.38 bits per heavy atom. The lowest BCUT2D eigenvalue weighted by molar-refractivity contribution is 0.171. The highest BCUT2D eigenvalue weighted by Crippen LogP contribution is 2.29. The van der Waals surface area contributed by atoms with E-state index < -0.39 is 16.1 Å². The van der Waals surface area contributed by atoms with Gasteiger partial charge >= 0.3 is 6.09 Å². The lowest BCUT2D eigenvalue weighted by atomic mass is 10.3. The van der Waals surface area contributed by atoms with Crippen molar-refractivity contribution in [3.63, 3.8) is 0 Å². The average Bonchev–Trinajstić information content (AvgIpc) is 2.41. The molecule has 0 atom stereocenters. The van der Waals surface area contributed by atoms with Gasteiger partial charge in [0, 0.05) is 6.54 Å². The summed E-state index contributed by atoms with van der Waals surface area (Å²) in [6, 6.07) is 4.63. The summed E-state index contributed by atoms with van der Waals surface area (Å²) in [7, 11) is -0.820. The maximum atomic E-state index is 11.9. The number of nitrogens with one attached hydrogen (secondary N) is 1. The van der Waals surface area contributed by atoms with Crippen molar-refractivity contribution in [3.05, 3.63) is 23.2 Å². The number of halogens is 1. The summed E-state index contributed by atoms with van der Waals surface area (Å²) >= 11 is 5.99. The van der Waals surface area contributed by atoms with E-state index in [0.717, 1.165) is 10.6 Å². The SMILES string of the molecule is COC(=O)NCCN(c1ccc(OC)c(Cl)c1)S(C)(=O)=O. The van der Waals surface area contributed by atoms with Gasteiger partial charge in [-0.2, -0.15) is 0 Å². The standard InChI is InChI=1S/C12H17ClN2O5S/c1-19-11-5-4-9(8-10(11)13)15(21(3,17)18)7-6-14-12(16)20-2/h4-5,8H,6-7H2,1-3H3,(H,14,16). The lowest BCUT2D eigenvalue weighted by Crippen LogP contribution is -2.38. The van der Waals surface area contributed by atoms with Gasteiger partial charge in [-0.25, -0.2) is 13.2 Å². The molecule has 0 radical (unpaired) electrons. The molecular formula is C12H17ClN2O5S. The third-order valence-corrected chi connectivity index (χ3v) is 4.08. The molecule has 1 amide bonds. The zero-order chi connectivity index (χ0) is 16.0. The van der Waals surface area contributed by atoms with Crippen LogP contribution in [0, 0.1) is 0 Å². The number of carbonyl (C=O) groups excluding carboxylic acids is 1. The minimum atomic E-state index is -3.52. The van der Waals surface area contributed by atoms with Crippen molar-refractivity contribution < 1.29 is 22.7 Å². The summed E-state index contributed by atoms with van der Waals surface area (Å²) in [5.74, 6) is 0.446. The monoisotopic (exact) mass is 336 g/mol. The molecule has 0 aliphatic heterocycles. The van der Waals surface area contributed by atoms with Crippen molar-refractivity contribution in [1.82, 2.24) is 5.32 Å². The Bertz CT molecular complexity index is 606. The van der Waals surface area contributed by atoms with Crippen LogP contribution in [-0.4, -0.2) is 48.1 Å². The Labute approximate surface area is 128 Å². The molecule has 9 heteroatoms. The number of methoxy groups -OCH3 is 2. The molecule has 1 aromatic rings. The van der Waals surface area contributed by atoms with Crippen molar-refractivity contribution >= 4 is 33.4 Å². The van der Waals surface area contributed by atoms with Gasteiger partial charge in [0.2, 0.25) is 10.0 Å². The van der Waals surface area contributed by atoms with Crippen LogP contribution in [-0.2, 0) is 14.8 Å². The number of hydrogen-bond acceptors (Lipinski definition) is 5. The molecule has 1 N–H and O–H groups in total. The summed E-state index contributed by atoms with van der Waals surface area (Å²) < 4.78 is 34.3. The molecule has 0 fully saturated rings. The van der Waals surface area contributed by atoms with Crippen LogP contribution in [0.5, 0.6) is 5.75 Å². The number of benzene rings is 1. The van der Waals surface area contributed by atoms with Gasteiger partial charge in [-0.05, 0) is 18.2 Å². The van der Waals surface area contributed by atoms with E-state index in [-0.39, 0.29) is 13.1 Å². The minimum Gasteiger partial charge on any atom is -0.495 e. The zero-order valence-electron chi connectivity index (χ0n) is 11.9. The molecular weight excluding hydrogens is 320 g/mol. The molecule has 21 heavy (non-hydrogen) atoms. The summed E-state index contributed by atoms with van der Waals surface area (Å²) in [5, 5.41) is 2.71. The van der Waals surface area contributed by atoms with E-state index in [9.17, 15) is 13.2 Å². The molecule has 7 nitrogen and oxygen atoms in total. The Morgan fingerprint density at radius 3 is 2.52 bits per heavy atom. The highest BCUT2D eigenvalue weighted by molar-refractivity contribution is 7.92. The van der Waals surface area contributed by atoms with Gasteiger partial charge in [0.05, 0.1) is 37.7 Å². The molecule has 0 spiro atoms. The third-order valence-electron chi connectivity index (χ3n) is 2.59. The van der Waals surface area contributed by atoms with Gasteiger partial charge in [0.25, 0.3) is 0 Å². The molecule has 0 unspecified atom stereocenters. The quantitative estimate of drug-likeness (QED) is 0.850. The van der Waals surface area contributed by atoms with Gasteiger partial charge in [0.1, 0.15) is 5.75 Å². The third kappa shape index (κ3) is 4.98. The van der Waals surface area contributed by atoms with E-state index in [1.165, 1.54) is 20.3 Å². The number of carbonyl (C=O) groups is 1. The topological polar surface area (TPSA) is 84.9 Å². The molecule has 0 bridgehead atoms. The molecule has 1 aromatic carbocycles. The summed E-state index contributed by atoms with van der Waals surface area (Å²) in [6.45, 7) is 0.153. The minimum absolute atomic E-state index is 0.0522. The van der Waals surface area contributed by atoms with Crippen molar-refractivity contribution in [2.24, 2.45) is 0 Å². The van der Waals surface area contributed by atoms with Gasteiger partial charge in [0.15, 0.2) is 0 Å². The fraction of sp³-hybridized carbons (Fsp3) is 0.417. The first kappa shape index (κ1) is 17.4. The largest absolute Gasteiger partial charge is 0.495 e. The van der Waals surface area contributed by atoms with Crippen molar-refractivity contribution in [1.29, 1.82) is 0 Å². The number of sulfonamides is 1. The van der Waals surface area contributed by atoms with Crippen LogP contribution >= 0.6 is 11.6 Å². The summed E-state index contributed by atoms with van der Waals surface area (Å²) in [6.07, 6.45) is 0.444. The number of amides is 1. The molecule has 0 saturated carbocycles. The fourth-order valence-corrected chi connectivity index (χ4v) is 2.80. The van der Waals surface area contributed by atoms with Crippen molar-refractivity contribution in [2.45, 2.75) is 0 Å². The molecule has 0 saturated heterocycles. The smallest absolute Gasteiger partial charge is 0.406 e. The Hall–Kier alpha value is -1.67. The number of alkyl carbamates (subject to hydrolysis) is 1. The van der Waals surface area contributed by atoms with E-state index in [4.69, 9.17) is 16.3 Å². The average molecular weight is 337 g/mol. The molecule has 0 heterocycles. The molecule has 0 aliphatic rings. The van der Waals surface area contributed by atoms with Crippen LogP contribution in [0.25, 0.3) is 0 Å². The van der Waals surface area contributed by atoms with Crippen LogP contribution in [0.2, 0.25) is 5.02 Å². The Balaban J connectivity index is 2.93. The van der Waals surface area contributed by atoms with Crippen LogP contribution in [0.4, 0.5) is 10.5 Å². The maximum absolute atomic E-state index is 11.9. The summed E-state index contributed by atoms with van der Waals surface area (Å²) in [4.78, 5) is 11.0. The normalized spacial score (nSPS) is 10.9. The fourth-order valence-electron chi connectivity index (χ4n) is 1.63. The summed E-state index contributed by atoms with van der Waals surface area (Å²) in [5.41, 5.74) is 0.384. The maximum Gasteiger partial charge on any atom is 0.406 e. The number of rotatable bonds is 6. The van der Waals surface area contributed by atoms with Gasteiger partial charge in [-0.3, -0.25) is 4.31 Å². The predicted molar refractivity (Wildman–Crippen MR) is 80.6 cm³/mol. The second-order valence-electron chi connectivity index (χ2n) is 4.07. The van der Waals surface area contributed by atoms with Crippen LogP contribution < -0.4 is 14.4 Å². The Morgan fingerprint density at radius 2 is 2.05 bits per heavy atom. The van der Waals surface area contributed by atoms with Gasteiger partial charge in [-0.15, -0.1) is 0 Å². The van der Waals surface area contributed by atoms with Crippen LogP contribution in [0.3, 0.4) is 0 Å². The van der Waals surface area contributed by atoms with Gasteiger partial charge in [-0.1, -0.05) is 11.6 Å². The van der Waals surface area contributed by atoms with Crippen LogP contribution in [0.1, 0.15) is 0 Å². The second-order valence-corrected chi connectivity index (χ2v) is 6.39. The van der Waals surface area contributed by atoms with E-state index in [2.05, 4.69) is 10.1 Å². The Kier molecular flexibility index (Phi) is 6.10. The predicted octanol–water partition coefficient (Wildman–Crippen LogP) is 1.47. The first-order chi connectivity index (χ1) is 9.79. The molecule has 1 rings (SSSR count). The van der Waals surface area contributed by atoms with Gasteiger partial charge < -0.3 is 14.8 Å². The molecule has 0 aliphatic carbocycles. The second kappa shape index (κ2) is 7.37. The highest BCUT2D eigenvalue weighted by atomic mass is 35.5. The first-order valence-corrected chi connectivity index (χ1v) is 8.15. The van der Waals surface area contributed by atoms with E-state index in [1.54, 1.807) is 12.1 Å². The van der Waals surface area contributed by atoms with Crippen LogP contribution in [0.15, 0.2) is 18.2 Å². The van der Waals surface area contributed by atoms with E-state index in [0.29, 0.717) is 16.5 Å². The number of anilines is 1. The zero-order valence-corrected chi connectivity index (χ0v) is 13.5. The number of hydrogen-bond donors (Lipinski definition) is 1. The first-order valence-electron chi connectivity index (χ1n) is 5.92. The number of nitrogens with zero attached hydrogens (tertiary/aromatic N) is 1. The lowest BCUT2D eigenvalue weighted by Gasteiger charge is -2.23. The number of ether oxygens (including phenoxy) is 2. The molecule has 118 valence electrons. The molecule has 0 aromatic heterocycles. The van der Waals surface area contributed by atoms with Crippen molar-refractivity contribution in [2.75, 3.05) is 37.9 Å². The van der Waals surface area contributed by atoms with E-state index in [1.807, 2.05) is 0 Å².